The highest BCUT2D eigenvalue weighted by Crippen LogP contribution is 2.26. The molecule has 2 rings (SSSR count). The molecule has 1 atom stereocenters. The SMILES string of the molecule is CCNCC1CCN(c2ccc(N(CC)CC)cc2)C1. The predicted octanol–water partition coefficient (Wildman–Crippen LogP) is 2.97. The van der Waals surface area contributed by atoms with Crippen molar-refractivity contribution in [3.63, 3.8) is 0 Å². The van der Waals surface area contributed by atoms with Crippen LogP contribution in [0, 0.1) is 5.92 Å². The van der Waals surface area contributed by atoms with Gasteiger partial charge in [-0.25, -0.2) is 0 Å². The summed E-state index contributed by atoms with van der Waals surface area (Å²) in [6.07, 6.45) is 1.31. The molecule has 0 radical (unpaired) electrons. The maximum Gasteiger partial charge on any atom is 0.0367 e. The van der Waals surface area contributed by atoms with E-state index in [1.807, 2.05) is 0 Å². The molecule has 1 fully saturated rings. The van der Waals surface area contributed by atoms with Crippen LogP contribution in [0.4, 0.5) is 11.4 Å². The molecule has 1 aromatic rings. The second-order valence-corrected chi connectivity index (χ2v) is 5.60. The van der Waals surface area contributed by atoms with Crippen LogP contribution in [0.3, 0.4) is 0 Å². The van der Waals surface area contributed by atoms with Crippen molar-refractivity contribution in [2.24, 2.45) is 5.92 Å². The number of nitrogens with one attached hydrogen (secondary N) is 1. The summed E-state index contributed by atoms with van der Waals surface area (Å²) >= 11 is 0. The van der Waals surface area contributed by atoms with Gasteiger partial charge in [-0.15, -0.1) is 0 Å². The van der Waals surface area contributed by atoms with Crippen LogP contribution in [0.25, 0.3) is 0 Å². The first-order valence-corrected chi connectivity index (χ1v) is 8.09. The van der Waals surface area contributed by atoms with E-state index in [4.69, 9.17) is 0 Å². The van der Waals surface area contributed by atoms with Gasteiger partial charge in [0.15, 0.2) is 0 Å². The van der Waals surface area contributed by atoms with Gasteiger partial charge in [-0.2, -0.15) is 0 Å². The lowest BCUT2D eigenvalue weighted by atomic mass is 10.1. The molecule has 1 saturated heterocycles. The Morgan fingerprint density at radius 1 is 1.15 bits per heavy atom. The second kappa shape index (κ2) is 7.53. The quantitative estimate of drug-likeness (QED) is 0.825. The maximum atomic E-state index is 3.47. The highest BCUT2D eigenvalue weighted by Gasteiger charge is 2.22. The van der Waals surface area contributed by atoms with Gasteiger partial charge in [0, 0.05) is 37.6 Å². The third kappa shape index (κ3) is 3.66. The minimum absolute atomic E-state index is 0.803. The van der Waals surface area contributed by atoms with Crippen LogP contribution >= 0.6 is 0 Å². The van der Waals surface area contributed by atoms with Crippen LogP contribution in [-0.2, 0) is 0 Å². The Hall–Kier alpha value is -1.22. The molecule has 112 valence electrons. The smallest absolute Gasteiger partial charge is 0.0367 e. The zero-order chi connectivity index (χ0) is 14.4. The number of hydrogen-bond acceptors (Lipinski definition) is 3. The zero-order valence-corrected chi connectivity index (χ0v) is 13.2. The highest BCUT2D eigenvalue weighted by atomic mass is 15.2. The van der Waals surface area contributed by atoms with Crippen molar-refractivity contribution in [2.45, 2.75) is 27.2 Å². The molecular formula is C17H29N3. The maximum absolute atomic E-state index is 3.47. The van der Waals surface area contributed by atoms with E-state index in [1.54, 1.807) is 0 Å². The van der Waals surface area contributed by atoms with Crippen molar-refractivity contribution >= 4 is 11.4 Å². The van der Waals surface area contributed by atoms with E-state index >= 15 is 0 Å². The number of nitrogens with zero attached hydrogens (tertiary/aromatic N) is 2. The van der Waals surface area contributed by atoms with E-state index in [0.29, 0.717) is 0 Å². The lowest BCUT2D eigenvalue weighted by Crippen LogP contribution is -2.26. The summed E-state index contributed by atoms with van der Waals surface area (Å²) < 4.78 is 0. The van der Waals surface area contributed by atoms with Crippen LogP contribution in [-0.4, -0.2) is 39.3 Å². The van der Waals surface area contributed by atoms with Gasteiger partial charge in [0.25, 0.3) is 0 Å². The first-order chi connectivity index (χ1) is 9.78. The van der Waals surface area contributed by atoms with E-state index < -0.39 is 0 Å². The lowest BCUT2D eigenvalue weighted by molar-refractivity contribution is 0.528. The van der Waals surface area contributed by atoms with E-state index in [2.05, 4.69) is 60.2 Å². The zero-order valence-electron chi connectivity index (χ0n) is 13.2. The molecular weight excluding hydrogens is 246 g/mol. The Morgan fingerprint density at radius 2 is 1.85 bits per heavy atom. The Kier molecular flexibility index (Phi) is 5.72. The highest BCUT2D eigenvalue weighted by molar-refractivity contribution is 5.56. The van der Waals surface area contributed by atoms with Gasteiger partial charge < -0.3 is 15.1 Å². The monoisotopic (exact) mass is 275 g/mol. The normalized spacial score (nSPS) is 18.6. The van der Waals surface area contributed by atoms with Gasteiger partial charge in [0.2, 0.25) is 0 Å². The summed E-state index contributed by atoms with van der Waals surface area (Å²) in [6.45, 7) is 13.4. The van der Waals surface area contributed by atoms with Crippen molar-refractivity contribution in [3.8, 4) is 0 Å². The van der Waals surface area contributed by atoms with Crippen molar-refractivity contribution in [3.05, 3.63) is 24.3 Å². The fourth-order valence-corrected chi connectivity index (χ4v) is 3.05. The summed E-state index contributed by atoms with van der Waals surface area (Å²) in [5.74, 6) is 0.803. The summed E-state index contributed by atoms with van der Waals surface area (Å²) in [5, 5.41) is 3.47. The third-order valence-electron chi connectivity index (χ3n) is 4.31. The molecule has 1 aliphatic heterocycles. The first-order valence-electron chi connectivity index (χ1n) is 8.09. The molecule has 0 saturated carbocycles. The minimum Gasteiger partial charge on any atom is -0.372 e. The average molecular weight is 275 g/mol. The number of rotatable bonds is 7. The van der Waals surface area contributed by atoms with Crippen molar-refractivity contribution in [2.75, 3.05) is 49.1 Å². The molecule has 1 aliphatic rings. The van der Waals surface area contributed by atoms with Crippen molar-refractivity contribution in [1.29, 1.82) is 0 Å². The van der Waals surface area contributed by atoms with Crippen LogP contribution in [0.1, 0.15) is 27.2 Å². The summed E-state index contributed by atoms with van der Waals surface area (Å²) in [6, 6.07) is 9.09. The molecule has 1 unspecified atom stereocenters. The molecule has 0 aromatic heterocycles. The van der Waals surface area contributed by atoms with Crippen molar-refractivity contribution < 1.29 is 0 Å². The largest absolute Gasteiger partial charge is 0.372 e. The van der Waals surface area contributed by atoms with Gasteiger partial charge in [0.05, 0.1) is 0 Å². The lowest BCUT2D eigenvalue weighted by Gasteiger charge is -2.23. The van der Waals surface area contributed by atoms with E-state index in [1.165, 1.54) is 30.9 Å². The van der Waals surface area contributed by atoms with Gasteiger partial charge in [-0.1, -0.05) is 6.92 Å². The van der Waals surface area contributed by atoms with Gasteiger partial charge in [0.1, 0.15) is 0 Å². The number of hydrogen-bond donors (Lipinski definition) is 1. The Bertz CT molecular complexity index is 384. The number of benzene rings is 1. The Labute approximate surface area is 124 Å². The van der Waals surface area contributed by atoms with Gasteiger partial charge >= 0.3 is 0 Å². The first kappa shape index (κ1) is 15.2. The molecule has 3 heteroatoms. The standard InChI is InChI=1S/C17H29N3/c1-4-18-13-15-11-12-20(14-15)17-9-7-16(8-10-17)19(5-2)6-3/h7-10,15,18H,4-6,11-14H2,1-3H3. The molecule has 1 aromatic carbocycles. The number of anilines is 2. The van der Waals surface area contributed by atoms with Crippen molar-refractivity contribution in [1.82, 2.24) is 5.32 Å². The molecule has 0 amide bonds. The van der Waals surface area contributed by atoms with Crippen LogP contribution in [0.15, 0.2) is 24.3 Å². The molecule has 3 nitrogen and oxygen atoms in total. The van der Waals surface area contributed by atoms with E-state index in [9.17, 15) is 0 Å². The molecule has 0 spiro atoms. The summed E-state index contributed by atoms with van der Waals surface area (Å²) in [4.78, 5) is 4.91. The fourth-order valence-electron chi connectivity index (χ4n) is 3.05. The van der Waals surface area contributed by atoms with E-state index in [0.717, 1.165) is 32.1 Å². The summed E-state index contributed by atoms with van der Waals surface area (Å²) in [5.41, 5.74) is 2.71. The molecule has 0 aliphatic carbocycles. The third-order valence-corrected chi connectivity index (χ3v) is 4.31. The Balaban J connectivity index is 1.94. The summed E-state index contributed by atoms with van der Waals surface area (Å²) in [7, 11) is 0. The molecule has 20 heavy (non-hydrogen) atoms. The van der Waals surface area contributed by atoms with E-state index in [-0.39, 0.29) is 0 Å². The minimum atomic E-state index is 0.803. The molecule has 1 heterocycles. The second-order valence-electron chi connectivity index (χ2n) is 5.60. The predicted molar refractivity (Wildman–Crippen MR) is 88.9 cm³/mol. The van der Waals surface area contributed by atoms with Crippen LogP contribution < -0.4 is 15.1 Å². The van der Waals surface area contributed by atoms with Gasteiger partial charge in [-0.05, 0) is 63.5 Å². The topological polar surface area (TPSA) is 18.5 Å². The molecule has 0 bridgehead atoms. The average Bonchev–Trinajstić information content (AvgIpc) is 2.96. The molecule has 1 N–H and O–H groups in total. The van der Waals surface area contributed by atoms with Crippen LogP contribution in [0.2, 0.25) is 0 Å². The fraction of sp³-hybridized carbons (Fsp3) is 0.647. The Morgan fingerprint density at radius 3 is 2.45 bits per heavy atom. The van der Waals surface area contributed by atoms with Gasteiger partial charge in [-0.3, -0.25) is 0 Å². The van der Waals surface area contributed by atoms with Crippen LogP contribution in [0.5, 0.6) is 0 Å².